The molecule has 0 radical (unpaired) electrons. The number of fused-ring (bicyclic) bond motifs is 1. The van der Waals surface area contributed by atoms with Gasteiger partial charge in [-0.05, 0) is 42.7 Å². The molecule has 0 saturated carbocycles. The number of aliphatic imine (C=N–C) groups is 1. The number of para-hydroxylation sites is 1. The van der Waals surface area contributed by atoms with Crippen LogP contribution in [0.5, 0.6) is 5.75 Å². The zero-order valence-corrected chi connectivity index (χ0v) is 15.9. The third kappa shape index (κ3) is 4.78. The van der Waals surface area contributed by atoms with Crippen molar-refractivity contribution in [3.63, 3.8) is 0 Å². The highest BCUT2D eigenvalue weighted by Crippen LogP contribution is 2.27. The fraction of sp³-hybridized carbons (Fsp3) is 0.333. The summed E-state index contributed by atoms with van der Waals surface area (Å²) in [5.74, 6) is 1.48. The smallest absolute Gasteiger partial charge is 0.246 e. The van der Waals surface area contributed by atoms with Crippen molar-refractivity contribution >= 4 is 17.6 Å². The maximum absolute atomic E-state index is 12.6. The summed E-state index contributed by atoms with van der Waals surface area (Å²) >= 11 is 0. The fourth-order valence-corrected chi connectivity index (χ4v) is 3.13. The van der Waals surface area contributed by atoms with Gasteiger partial charge >= 0.3 is 0 Å². The number of carbonyl (C=O) groups excluding carboxylic acids is 1. The van der Waals surface area contributed by atoms with E-state index in [9.17, 15) is 4.79 Å². The molecule has 1 aliphatic rings. The van der Waals surface area contributed by atoms with Crippen LogP contribution in [0.25, 0.3) is 0 Å². The summed E-state index contributed by atoms with van der Waals surface area (Å²) in [4.78, 5) is 19.1. The topological polar surface area (TPSA) is 66.0 Å². The Morgan fingerprint density at radius 3 is 2.85 bits per heavy atom. The number of hydrogen-bond donors (Lipinski definition) is 2. The Morgan fingerprint density at radius 1 is 1.19 bits per heavy atom. The third-order valence-electron chi connectivity index (χ3n) is 4.49. The highest BCUT2D eigenvalue weighted by Gasteiger charge is 2.23. The minimum Gasteiger partial charge on any atom is -0.497 e. The molecule has 2 aromatic carbocycles. The van der Waals surface area contributed by atoms with Crippen LogP contribution in [0.3, 0.4) is 0 Å². The molecule has 0 aromatic heterocycles. The van der Waals surface area contributed by atoms with E-state index in [-0.39, 0.29) is 12.5 Å². The molecule has 1 heterocycles. The Balaban J connectivity index is 1.60. The average molecular weight is 366 g/mol. The maximum Gasteiger partial charge on any atom is 0.246 e. The molecule has 1 amide bonds. The van der Waals surface area contributed by atoms with Crippen LogP contribution in [0.1, 0.15) is 18.1 Å². The van der Waals surface area contributed by atoms with E-state index in [1.807, 2.05) is 54.3 Å². The van der Waals surface area contributed by atoms with Crippen LogP contribution >= 0.6 is 0 Å². The second kappa shape index (κ2) is 9.07. The zero-order valence-electron chi connectivity index (χ0n) is 15.9. The van der Waals surface area contributed by atoms with Crippen molar-refractivity contribution < 1.29 is 9.53 Å². The highest BCUT2D eigenvalue weighted by molar-refractivity contribution is 5.98. The van der Waals surface area contributed by atoms with E-state index in [0.29, 0.717) is 12.5 Å². The number of methoxy groups -OCH3 is 1. The van der Waals surface area contributed by atoms with Crippen molar-refractivity contribution in [3.8, 4) is 5.75 Å². The van der Waals surface area contributed by atoms with Crippen molar-refractivity contribution in [1.82, 2.24) is 10.6 Å². The summed E-state index contributed by atoms with van der Waals surface area (Å²) in [6.07, 6.45) is 0.909. The molecule has 0 bridgehead atoms. The Kier molecular flexibility index (Phi) is 6.30. The molecular weight excluding hydrogens is 340 g/mol. The van der Waals surface area contributed by atoms with Gasteiger partial charge in [0.15, 0.2) is 5.96 Å². The number of ether oxygens (including phenoxy) is 1. The molecule has 2 aromatic rings. The Labute approximate surface area is 160 Å². The summed E-state index contributed by atoms with van der Waals surface area (Å²) in [6.45, 7) is 4.18. The number of guanidine groups is 1. The van der Waals surface area contributed by atoms with Gasteiger partial charge in [-0.25, -0.2) is 4.99 Å². The Hall–Kier alpha value is -3.02. The number of anilines is 1. The van der Waals surface area contributed by atoms with Gasteiger partial charge in [0.1, 0.15) is 5.75 Å². The molecule has 2 N–H and O–H groups in total. The summed E-state index contributed by atoms with van der Waals surface area (Å²) in [7, 11) is 1.65. The van der Waals surface area contributed by atoms with E-state index in [1.54, 1.807) is 7.11 Å². The van der Waals surface area contributed by atoms with Crippen LogP contribution in [0.2, 0.25) is 0 Å². The molecule has 0 unspecified atom stereocenters. The SMILES string of the molecule is CCNC(=NCc1cccc(OC)c1)NCC(=O)N1CCc2ccccc21. The zero-order chi connectivity index (χ0) is 19.1. The Morgan fingerprint density at radius 2 is 2.04 bits per heavy atom. The van der Waals surface area contributed by atoms with Gasteiger partial charge < -0.3 is 20.3 Å². The molecule has 0 aliphatic carbocycles. The largest absolute Gasteiger partial charge is 0.497 e. The molecule has 1 aliphatic heterocycles. The van der Waals surface area contributed by atoms with Crippen molar-refractivity contribution in [2.24, 2.45) is 4.99 Å². The van der Waals surface area contributed by atoms with Gasteiger partial charge in [-0.2, -0.15) is 0 Å². The minimum atomic E-state index is 0.0481. The monoisotopic (exact) mass is 366 g/mol. The van der Waals surface area contributed by atoms with Crippen LogP contribution < -0.4 is 20.3 Å². The molecular formula is C21H26N4O2. The summed E-state index contributed by atoms with van der Waals surface area (Å²) in [5, 5.41) is 6.33. The van der Waals surface area contributed by atoms with Gasteiger partial charge in [-0.15, -0.1) is 0 Å². The molecule has 27 heavy (non-hydrogen) atoms. The van der Waals surface area contributed by atoms with E-state index >= 15 is 0 Å². The molecule has 6 nitrogen and oxygen atoms in total. The lowest BCUT2D eigenvalue weighted by atomic mass is 10.2. The number of carbonyl (C=O) groups is 1. The van der Waals surface area contributed by atoms with Crippen LogP contribution in [0.4, 0.5) is 5.69 Å². The number of rotatable bonds is 6. The number of benzene rings is 2. The van der Waals surface area contributed by atoms with Crippen molar-refractivity contribution in [2.45, 2.75) is 19.9 Å². The van der Waals surface area contributed by atoms with Crippen molar-refractivity contribution in [3.05, 3.63) is 59.7 Å². The van der Waals surface area contributed by atoms with Gasteiger partial charge in [0.2, 0.25) is 5.91 Å². The lowest BCUT2D eigenvalue weighted by molar-refractivity contribution is -0.117. The van der Waals surface area contributed by atoms with Crippen LogP contribution in [-0.4, -0.2) is 38.6 Å². The number of hydrogen-bond acceptors (Lipinski definition) is 3. The minimum absolute atomic E-state index is 0.0481. The van der Waals surface area contributed by atoms with Gasteiger partial charge in [-0.3, -0.25) is 4.79 Å². The molecule has 0 spiro atoms. The van der Waals surface area contributed by atoms with Gasteiger partial charge in [0.05, 0.1) is 20.2 Å². The van der Waals surface area contributed by atoms with Gasteiger partial charge in [-0.1, -0.05) is 30.3 Å². The predicted molar refractivity (Wildman–Crippen MR) is 108 cm³/mol. The van der Waals surface area contributed by atoms with Crippen molar-refractivity contribution in [2.75, 3.05) is 31.6 Å². The fourth-order valence-electron chi connectivity index (χ4n) is 3.13. The average Bonchev–Trinajstić information content (AvgIpc) is 3.14. The normalized spacial score (nSPS) is 13.3. The van der Waals surface area contributed by atoms with E-state index in [1.165, 1.54) is 5.56 Å². The lowest BCUT2D eigenvalue weighted by Gasteiger charge is -2.18. The molecule has 3 rings (SSSR count). The summed E-state index contributed by atoms with van der Waals surface area (Å²) in [6, 6.07) is 15.9. The van der Waals surface area contributed by atoms with Crippen molar-refractivity contribution in [1.29, 1.82) is 0 Å². The van der Waals surface area contributed by atoms with E-state index in [2.05, 4.69) is 21.7 Å². The first-order valence-electron chi connectivity index (χ1n) is 9.24. The molecule has 0 fully saturated rings. The number of nitrogens with one attached hydrogen (secondary N) is 2. The Bertz CT molecular complexity index is 819. The van der Waals surface area contributed by atoms with E-state index in [4.69, 9.17) is 4.74 Å². The first kappa shape index (κ1) is 18.8. The highest BCUT2D eigenvalue weighted by atomic mass is 16.5. The second-order valence-corrected chi connectivity index (χ2v) is 6.32. The third-order valence-corrected chi connectivity index (χ3v) is 4.49. The number of amides is 1. The van der Waals surface area contributed by atoms with E-state index in [0.717, 1.165) is 36.5 Å². The van der Waals surface area contributed by atoms with E-state index < -0.39 is 0 Å². The molecule has 0 saturated heterocycles. The van der Waals surface area contributed by atoms with Crippen LogP contribution in [0.15, 0.2) is 53.5 Å². The summed E-state index contributed by atoms with van der Waals surface area (Å²) < 4.78 is 5.24. The van der Waals surface area contributed by atoms with Crippen LogP contribution in [-0.2, 0) is 17.8 Å². The number of nitrogens with zero attached hydrogens (tertiary/aromatic N) is 2. The maximum atomic E-state index is 12.6. The second-order valence-electron chi connectivity index (χ2n) is 6.32. The molecule has 142 valence electrons. The summed E-state index contributed by atoms with van der Waals surface area (Å²) in [5.41, 5.74) is 3.29. The first-order chi connectivity index (χ1) is 13.2. The standard InChI is InChI=1S/C21H26N4O2/c1-3-22-21(23-14-16-7-6-9-18(13-16)27-2)24-15-20(26)25-12-11-17-8-4-5-10-19(17)25/h4-10,13H,3,11-12,14-15H2,1-2H3,(H2,22,23,24). The quantitative estimate of drug-likeness (QED) is 0.608. The molecule has 6 heteroatoms. The van der Waals surface area contributed by atoms with Gasteiger partial charge in [0, 0.05) is 18.8 Å². The van der Waals surface area contributed by atoms with Crippen LogP contribution in [0, 0.1) is 0 Å². The first-order valence-corrected chi connectivity index (χ1v) is 9.24. The lowest BCUT2D eigenvalue weighted by Crippen LogP contribution is -2.44. The molecule has 0 atom stereocenters. The predicted octanol–water partition coefficient (Wildman–Crippen LogP) is 2.34. The van der Waals surface area contributed by atoms with Gasteiger partial charge in [0.25, 0.3) is 0 Å².